The smallest absolute Gasteiger partial charge is 0.197 e. The Hall–Kier alpha value is 0.260. The second-order valence-electron chi connectivity index (χ2n) is 3.68. The van der Waals surface area contributed by atoms with Crippen molar-refractivity contribution in [3.05, 3.63) is 0 Å². The summed E-state index contributed by atoms with van der Waals surface area (Å²) in [6.07, 6.45) is 7.60. The summed E-state index contributed by atoms with van der Waals surface area (Å²) in [5, 5.41) is 0. The molecule has 0 rings (SSSR count). The standard InChI is InChI=1S/C11H23NS2.OS/c1-3-5-7-9-12(11(13)14)10-8-6-4-2;1-2/h3-10H2,1-2H3,(H,13,14);. The number of unbranched alkanes of at least 4 members (excludes halogenated alkanes) is 4. The monoisotopic (exact) mass is 281 g/mol. The molecule has 0 saturated heterocycles. The van der Waals surface area contributed by atoms with Gasteiger partial charge in [0.25, 0.3) is 0 Å². The van der Waals surface area contributed by atoms with Crippen LogP contribution in [0.15, 0.2) is 0 Å². The summed E-state index contributed by atoms with van der Waals surface area (Å²) in [5.41, 5.74) is 0. The van der Waals surface area contributed by atoms with E-state index >= 15 is 0 Å². The van der Waals surface area contributed by atoms with Gasteiger partial charge in [-0.2, -0.15) is 4.21 Å². The summed E-state index contributed by atoms with van der Waals surface area (Å²) in [4.78, 5) is 2.23. The average molecular weight is 282 g/mol. The van der Waals surface area contributed by atoms with E-state index in [4.69, 9.17) is 16.4 Å². The molecule has 0 atom stereocenters. The third-order valence-corrected chi connectivity index (χ3v) is 2.87. The second kappa shape index (κ2) is 15.3. The van der Waals surface area contributed by atoms with Crippen molar-refractivity contribution in [2.75, 3.05) is 13.1 Å². The molecule has 0 aliphatic carbocycles. The Morgan fingerprint density at radius 2 is 1.38 bits per heavy atom. The van der Waals surface area contributed by atoms with Crippen LogP contribution in [0.1, 0.15) is 52.4 Å². The first-order valence-electron chi connectivity index (χ1n) is 5.86. The van der Waals surface area contributed by atoms with Crippen LogP contribution >= 0.6 is 24.8 Å². The van der Waals surface area contributed by atoms with Crippen molar-refractivity contribution in [1.29, 1.82) is 0 Å². The van der Waals surface area contributed by atoms with Crippen LogP contribution in [0.4, 0.5) is 0 Å². The zero-order chi connectivity index (χ0) is 12.8. The Morgan fingerprint density at radius 3 is 1.62 bits per heavy atom. The minimum atomic E-state index is 0.761. The zero-order valence-corrected chi connectivity index (χ0v) is 12.8. The van der Waals surface area contributed by atoms with Crippen molar-refractivity contribution in [3.8, 4) is 0 Å². The van der Waals surface area contributed by atoms with Gasteiger partial charge in [-0.15, -0.1) is 12.6 Å². The Morgan fingerprint density at radius 1 is 1.00 bits per heavy atom. The molecule has 0 aromatic carbocycles. The lowest BCUT2D eigenvalue weighted by atomic mass is 10.2. The summed E-state index contributed by atoms with van der Waals surface area (Å²) < 4.78 is 8.59. The molecule has 0 aliphatic rings. The number of thiocarbonyl (C=S) groups is 1. The highest BCUT2D eigenvalue weighted by atomic mass is 32.1. The predicted molar refractivity (Wildman–Crippen MR) is 80.3 cm³/mol. The molecule has 16 heavy (non-hydrogen) atoms. The highest BCUT2D eigenvalue weighted by molar-refractivity contribution is 8.10. The topological polar surface area (TPSA) is 20.3 Å². The van der Waals surface area contributed by atoms with Crippen LogP contribution < -0.4 is 0 Å². The molecule has 96 valence electrons. The van der Waals surface area contributed by atoms with Gasteiger partial charge in [-0.3, -0.25) is 0 Å². The minimum Gasteiger partial charge on any atom is -0.358 e. The number of hydrogen-bond acceptors (Lipinski definition) is 3. The quantitative estimate of drug-likeness (QED) is 0.417. The van der Waals surface area contributed by atoms with Gasteiger partial charge in [-0.05, 0) is 12.8 Å². The lowest BCUT2D eigenvalue weighted by Crippen LogP contribution is -2.28. The summed E-state index contributed by atoms with van der Waals surface area (Å²) in [7, 11) is 0. The van der Waals surface area contributed by atoms with Crippen molar-refractivity contribution < 1.29 is 4.21 Å². The Balaban J connectivity index is 0. The van der Waals surface area contributed by atoms with Gasteiger partial charge in [-0.25, -0.2) is 0 Å². The Bertz CT molecular complexity index is 157. The van der Waals surface area contributed by atoms with E-state index in [0.29, 0.717) is 0 Å². The molecule has 0 radical (unpaired) electrons. The Labute approximate surface area is 116 Å². The summed E-state index contributed by atoms with van der Waals surface area (Å²) in [6, 6.07) is 0. The number of hydrogen-bond donors (Lipinski definition) is 1. The molecule has 5 heteroatoms. The maximum atomic E-state index is 7.83. The highest BCUT2D eigenvalue weighted by Crippen LogP contribution is 2.05. The second-order valence-corrected chi connectivity index (χ2v) is 4.80. The molecule has 0 aromatic heterocycles. The van der Waals surface area contributed by atoms with Gasteiger partial charge in [0.15, 0.2) is 12.5 Å². The Kier molecular flexibility index (Phi) is 17.8. The normalized spacial score (nSPS) is 9.19. The van der Waals surface area contributed by atoms with Crippen molar-refractivity contribution in [2.45, 2.75) is 52.4 Å². The molecule has 0 saturated carbocycles. The SMILES string of the molecule is CCCCCN(CCCCC)C(=S)S.O=S. The number of thiol groups is 1. The van der Waals surface area contributed by atoms with E-state index in [9.17, 15) is 0 Å². The molecule has 0 spiro atoms. The van der Waals surface area contributed by atoms with Crippen LogP contribution in [-0.2, 0) is 12.5 Å². The summed E-state index contributed by atoms with van der Waals surface area (Å²) in [5.74, 6) is 0. The first kappa shape index (κ1) is 18.6. The first-order chi connectivity index (χ1) is 7.72. The van der Waals surface area contributed by atoms with E-state index in [1.807, 2.05) is 0 Å². The molecule has 2 nitrogen and oxygen atoms in total. The van der Waals surface area contributed by atoms with Crippen LogP contribution in [-0.4, -0.2) is 26.5 Å². The fraction of sp³-hybridized carbons (Fsp3) is 0.909. The number of rotatable bonds is 8. The third-order valence-electron chi connectivity index (χ3n) is 2.33. The van der Waals surface area contributed by atoms with E-state index < -0.39 is 0 Å². The minimum absolute atomic E-state index is 0.761. The summed E-state index contributed by atoms with van der Waals surface area (Å²) >= 11 is 12.2. The molecule has 0 heterocycles. The third kappa shape index (κ3) is 12.3. The predicted octanol–water partition coefficient (Wildman–Crippen LogP) is 3.55. The molecule has 0 fully saturated rings. The zero-order valence-electron chi connectivity index (χ0n) is 10.3. The molecule has 0 aliphatic heterocycles. The lowest BCUT2D eigenvalue weighted by Gasteiger charge is -2.22. The average Bonchev–Trinajstić information content (AvgIpc) is 2.30. The fourth-order valence-electron chi connectivity index (χ4n) is 1.41. The lowest BCUT2D eigenvalue weighted by molar-refractivity contribution is 0.402. The fourth-order valence-corrected chi connectivity index (χ4v) is 1.79. The molecular formula is C11H23NOS3. The van der Waals surface area contributed by atoms with E-state index in [-0.39, 0.29) is 0 Å². The highest BCUT2D eigenvalue weighted by Gasteiger charge is 2.04. The van der Waals surface area contributed by atoms with Gasteiger partial charge in [-0.1, -0.05) is 51.7 Å². The maximum Gasteiger partial charge on any atom is 0.197 e. The van der Waals surface area contributed by atoms with Crippen LogP contribution in [0.3, 0.4) is 0 Å². The molecule has 0 unspecified atom stereocenters. The van der Waals surface area contributed by atoms with Crippen LogP contribution in [0.5, 0.6) is 0 Å². The first-order valence-corrected chi connectivity index (χ1v) is 7.05. The van der Waals surface area contributed by atoms with Crippen LogP contribution in [0, 0.1) is 0 Å². The van der Waals surface area contributed by atoms with Crippen molar-refractivity contribution in [2.24, 2.45) is 0 Å². The molecule has 0 aromatic rings. The van der Waals surface area contributed by atoms with Crippen molar-refractivity contribution in [3.63, 3.8) is 0 Å². The van der Waals surface area contributed by atoms with E-state index in [1.165, 1.54) is 38.5 Å². The number of nitrogens with zero attached hydrogens (tertiary/aromatic N) is 1. The largest absolute Gasteiger partial charge is 0.358 e. The van der Waals surface area contributed by atoms with E-state index in [1.54, 1.807) is 0 Å². The van der Waals surface area contributed by atoms with Gasteiger partial charge in [0.1, 0.15) is 4.32 Å². The van der Waals surface area contributed by atoms with Gasteiger partial charge in [0.05, 0.1) is 0 Å². The van der Waals surface area contributed by atoms with E-state index in [0.717, 1.165) is 17.4 Å². The summed E-state index contributed by atoms with van der Waals surface area (Å²) in [6.45, 7) is 6.61. The van der Waals surface area contributed by atoms with Crippen LogP contribution in [0.25, 0.3) is 0 Å². The van der Waals surface area contributed by atoms with Crippen LogP contribution in [0.2, 0.25) is 0 Å². The van der Waals surface area contributed by atoms with Gasteiger partial charge < -0.3 is 4.90 Å². The van der Waals surface area contributed by atoms with Gasteiger partial charge >= 0.3 is 0 Å². The van der Waals surface area contributed by atoms with Gasteiger partial charge in [0.2, 0.25) is 0 Å². The maximum absolute atomic E-state index is 7.83. The van der Waals surface area contributed by atoms with Crippen molar-refractivity contribution >= 4 is 41.7 Å². The van der Waals surface area contributed by atoms with Crippen molar-refractivity contribution in [1.82, 2.24) is 4.90 Å². The molecular weight excluding hydrogens is 258 g/mol. The van der Waals surface area contributed by atoms with E-state index in [2.05, 4.69) is 43.9 Å². The molecule has 0 bridgehead atoms. The molecule has 0 amide bonds. The molecule has 0 N–H and O–H groups in total. The van der Waals surface area contributed by atoms with Gasteiger partial charge in [0, 0.05) is 13.1 Å².